The molecule has 7 nitrogen and oxygen atoms in total. The van der Waals surface area contributed by atoms with Gasteiger partial charge < -0.3 is 5.32 Å². The molecule has 0 bridgehead atoms. The fourth-order valence-corrected chi connectivity index (χ4v) is 2.36. The van der Waals surface area contributed by atoms with E-state index in [0.29, 0.717) is 29.3 Å². The third-order valence-electron chi connectivity index (χ3n) is 3.46. The summed E-state index contributed by atoms with van der Waals surface area (Å²) in [5.74, 6) is 0.140. The minimum Gasteiger partial charge on any atom is -0.321 e. The van der Waals surface area contributed by atoms with Crippen LogP contribution in [0.4, 0.5) is 16.0 Å². The molecule has 3 N–H and O–H groups in total. The Bertz CT molecular complexity index is 946. The van der Waals surface area contributed by atoms with Crippen LogP contribution in [0.2, 0.25) is 0 Å². The largest absolute Gasteiger partial charge is 0.321 e. The third kappa shape index (κ3) is 2.61. The van der Waals surface area contributed by atoms with E-state index in [0.717, 1.165) is 11.1 Å². The van der Waals surface area contributed by atoms with Gasteiger partial charge in [-0.2, -0.15) is 15.2 Å². The summed E-state index contributed by atoms with van der Waals surface area (Å²) in [6, 6.07) is 6.65. The molecule has 0 atom stereocenters. The Morgan fingerprint density at radius 2 is 2.00 bits per heavy atom. The quantitative estimate of drug-likeness (QED) is 0.538. The molecule has 23 heavy (non-hydrogen) atoms. The number of aromatic amines is 2. The van der Waals surface area contributed by atoms with Crippen molar-refractivity contribution in [3.63, 3.8) is 0 Å². The van der Waals surface area contributed by atoms with Gasteiger partial charge in [0, 0.05) is 12.6 Å². The summed E-state index contributed by atoms with van der Waals surface area (Å²) in [5.41, 5.74) is 2.60. The number of aromatic nitrogens is 6. The second kappa shape index (κ2) is 5.48. The minimum absolute atomic E-state index is 0.257. The molecule has 0 amide bonds. The van der Waals surface area contributed by atoms with E-state index in [1.54, 1.807) is 36.8 Å². The van der Waals surface area contributed by atoms with E-state index in [1.807, 2.05) is 0 Å². The van der Waals surface area contributed by atoms with Crippen LogP contribution >= 0.6 is 0 Å². The van der Waals surface area contributed by atoms with Gasteiger partial charge in [-0.1, -0.05) is 18.2 Å². The summed E-state index contributed by atoms with van der Waals surface area (Å²) in [4.78, 5) is 8.85. The first kappa shape index (κ1) is 13.4. The van der Waals surface area contributed by atoms with Crippen LogP contribution in [0.15, 0.2) is 42.9 Å². The van der Waals surface area contributed by atoms with E-state index in [4.69, 9.17) is 0 Å². The zero-order valence-electron chi connectivity index (χ0n) is 11.9. The van der Waals surface area contributed by atoms with Gasteiger partial charge in [0.15, 0.2) is 5.65 Å². The molecule has 0 saturated carbocycles. The van der Waals surface area contributed by atoms with Crippen LogP contribution in [0.3, 0.4) is 0 Å². The van der Waals surface area contributed by atoms with Gasteiger partial charge in [0.1, 0.15) is 5.82 Å². The summed E-state index contributed by atoms with van der Waals surface area (Å²) in [7, 11) is 0. The summed E-state index contributed by atoms with van der Waals surface area (Å²) < 4.78 is 13.9. The summed E-state index contributed by atoms with van der Waals surface area (Å²) in [6.07, 6.45) is 5.31. The van der Waals surface area contributed by atoms with Gasteiger partial charge in [0.2, 0.25) is 5.95 Å². The molecule has 0 aliphatic carbocycles. The molecule has 0 unspecified atom stereocenters. The summed E-state index contributed by atoms with van der Waals surface area (Å²) >= 11 is 0. The Morgan fingerprint density at radius 3 is 2.83 bits per heavy atom. The van der Waals surface area contributed by atoms with Crippen LogP contribution in [0.1, 0.15) is 11.3 Å². The van der Waals surface area contributed by atoms with Crippen molar-refractivity contribution in [3.05, 3.63) is 59.9 Å². The number of benzene rings is 1. The molecule has 0 spiro atoms. The highest BCUT2D eigenvalue weighted by atomic mass is 19.1. The minimum atomic E-state index is -0.257. The van der Waals surface area contributed by atoms with Crippen molar-refractivity contribution in [1.29, 1.82) is 0 Å². The van der Waals surface area contributed by atoms with E-state index < -0.39 is 0 Å². The molecule has 0 aliphatic rings. The van der Waals surface area contributed by atoms with E-state index in [9.17, 15) is 4.39 Å². The molecule has 4 aromatic rings. The maximum atomic E-state index is 13.9. The van der Waals surface area contributed by atoms with Crippen molar-refractivity contribution >= 4 is 22.7 Å². The number of nitrogens with one attached hydrogen (secondary N) is 3. The van der Waals surface area contributed by atoms with Crippen molar-refractivity contribution in [2.24, 2.45) is 0 Å². The Hall–Kier alpha value is -3.29. The second-order valence-electron chi connectivity index (χ2n) is 5.01. The average Bonchev–Trinajstić information content (AvgIpc) is 3.21. The van der Waals surface area contributed by atoms with E-state index >= 15 is 0 Å². The molecular formula is C15H12FN7. The first-order chi connectivity index (χ1) is 11.3. The lowest BCUT2D eigenvalue weighted by atomic mass is 10.1. The molecule has 114 valence electrons. The number of halogens is 1. The number of hydrogen-bond acceptors (Lipinski definition) is 5. The van der Waals surface area contributed by atoms with Crippen LogP contribution in [-0.2, 0) is 6.42 Å². The molecule has 1 aromatic carbocycles. The maximum absolute atomic E-state index is 13.9. The Balaban J connectivity index is 1.75. The average molecular weight is 309 g/mol. The van der Waals surface area contributed by atoms with Crippen LogP contribution in [0.25, 0.3) is 11.0 Å². The summed E-state index contributed by atoms with van der Waals surface area (Å²) in [6.45, 7) is 0. The standard InChI is InChI=1S/C15H12FN7/c16-12-4-2-1-3-9(12)5-13-11-8-19-23-14(11)22-15(21-13)20-10-6-17-18-7-10/h1-4,6-8H,5H2,(H,17,18)(H2,19,20,21,22,23). The number of nitrogens with zero attached hydrogens (tertiary/aromatic N) is 4. The Morgan fingerprint density at radius 1 is 1.09 bits per heavy atom. The summed E-state index contributed by atoms with van der Waals surface area (Å²) in [5, 5.41) is 17.2. The zero-order valence-corrected chi connectivity index (χ0v) is 11.9. The molecule has 8 heteroatoms. The number of fused-ring (bicyclic) bond motifs is 1. The molecule has 0 saturated heterocycles. The van der Waals surface area contributed by atoms with Crippen molar-refractivity contribution in [2.45, 2.75) is 6.42 Å². The predicted molar refractivity (Wildman–Crippen MR) is 82.8 cm³/mol. The van der Waals surface area contributed by atoms with Gasteiger partial charge in [-0.25, -0.2) is 9.37 Å². The smallest absolute Gasteiger partial charge is 0.229 e. The van der Waals surface area contributed by atoms with Crippen LogP contribution in [-0.4, -0.2) is 30.4 Å². The van der Waals surface area contributed by atoms with Crippen molar-refractivity contribution < 1.29 is 4.39 Å². The van der Waals surface area contributed by atoms with Crippen LogP contribution in [0.5, 0.6) is 0 Å². The number of anilines is 2. The first-order valence-electron chi connectivity index (χ1n) is 6.99. The molecule has 3 heterocycles. The topological polar surface area (TPSA) is 95.2 Å². The maximum Gasteiger partial charge on any atom is 0.229 e. The van der Waals surface area contributed by atoms with E-state index in [1.165, 1.54) is 6.07 Å². The van der Waals surface area contributed by atoms with Crippen molar-refractivity contribution in [2.75, 3.05) is 5.32 Å². The third-order valence-corrected chi connectivity index (χ3v) is 3.46. The lowest BCUT2D eigenvalue weighted by Crippen LogP contribution is -2.02. The molecule has 4 rings (SSSR count). The van der Waals surface area contributed by atoms with Gasteiger partial charge >= 0.3 is 0 Å². The molecule has 0 fully saturated rings. The highest BCUT2D eigenvalue weighted by Gasteiger charge is 2.12. The van der Waals surface area contributed by atoms with Gasteiger partial charge in [-0.3, -0.25) is 10.2 Å². The van der Waals surface area contributed by atoms with Crippen molar-refractivity contribution in [1.82, 2.24) is 30.4 Å². The highest BCUT2D eigenvalue weighted by molar-refractivity contribution is 5.78. The van der Waals surface area contributed by atoms with Gasteiger partial charge in [0.05, 0.1) is 29.2 Å². The predicted octanol–water partition coefficient (Wildman–Crippen LogP) is 2.55. The second-order valence-corrected chi connectivity index (χ2v) is 5.01. The SMILES string of the molecule is Fc1ccccc1Cc1nc(Nc2cn[nH]c2)nc2[nH]ncc12. The molecule has 0 radical (unpaired) electrons. The fraction of sp³-hybridized carbons (Fsp3) is 0.0667. The lowest BCUT2D eigenvalue weighted by Gasteiger charge is -2.07. The van der Waals surface area contributed by atoms with Crippen LogP contribution < -0.4 is 5.32 Å². The van der Waals surface area contributed by atoms with E-state index in [-0.39, 0.29) is 5.82 Å². The van der Waals surface area contributed by atoms with E-state index in [2.05, 4.69) is 35.7 Å². The fourth-order valence-electron chi connectivity index (χ4n) is 2.36. The number of H-pyrrole nitrogens is 2. The Labute approximate surface area is 130 Å². The monoisotopic (exact) mass is 309 g/mol. The zero-order chi connectivity index (χ0) is 15.6. The number of hydrogen-bond donors (Lipinski definition) is 3. The molecule has 0 aliphatic heterocycles. The van der Waals surface area contributed by atoms with Crippen LogP contribution in [0, 0.1) is 5.82 Å². The first-order valence-corrected chi connectivity index (χ1v) is 6.99. The lowest BCUT2D eigenvalue weighted by molar-refractivity contribution is 0.613. The van der Waals surface area contributed by atoms with Gasteiger partial charge in [0.25, 0.3) is 0 Å². The Kier molecular flexibility index (Phi) is 3.19. The van der Waals surface area contributed by atoms with Crippen molar-refractivity contribution in [3.8, 4) is 0 Å². The normalized spacial score (nSPS) is 11.0. The highest BCUT2D eigenvalue weighted by Crippen LogP contribution is 2.21. The molecule has 3 aromatic heterocycles. The van der Waals surface area contributed by atoms with Gasteiger partial charge in [-0.05, 0) is 11.6 Å². The molecular weight excluding hydrogens is 297 g/mol. The number of rotatable bonds is 4. The van der Waals surface area contributed by atoms with Gasteiger partial charge in [-0.15, -0.1) is 0 Å².